The number of nitrogens with zero attached hydrogens (tertiary/aromatic N) is 1. The molecule has 5 nitrogen and oxygen atoms in total. The molecule has 172 valence electrons. The van der Waals surface area contributed by atoms with Crippen LogP contribution in [0.5, 0.6) is 0 Å². The van der Waals surface area contributed by atoms with Gasteiger partial charge in [-0.3, -0.25) is 4.79 Å². The number of carbonyl (C=O) groups is 1. The summed E-state index contributed by atoms with van der Waals surface area (Å²) >= 11 is 0. The Morgan fingerprint density at radius 3 is 2.38 bits per heavy atom. The average molecular weight is 449 g/mol. The molecule has 0 bridgehead atoms. The molecule has 1 aliphatic rings. The van der Waals surface area contributed by atoms with Crippen molar-refractivity contribution in [2.45, 2.75) is 104 Å². The third-order valence-electron chi connectivity index (χ3n) is 4.82. The van der Waals surface area contributed by atoms with Crippen molar-refractivity contribution in [2.75, 3.05) is 25.4 Å². The monoisotopic (exact) mass is 448 g/mol. The molecular weight excluding hydrogens is 404 g/mol. The Balaban J connectivity index is 2.51. The van der Waals surface area contributed by atoms with Gasteiger partial charge in [-0.15, -0.1) is 0 Å². The zero-order valence-corrected chi connectivity index (χ0v) is 21.4. The summed E-state index contributed by atoms with van der Waals surface area (Å²) in [6.45, 7) is 19.1. The van der Waals surface area contributed by atoms with Crippen LogP contribution in [-0.4, -0.2) is 71.9 Å². The molecular formula is C22H44N2O3S2. The molecule has 4 atom stereocenters. The van der Waals surface area contributed by atoms with E-state index in [9.17, 15) is 4.79 Å². The molecule has 1 N–H and O–H groups in total. The molecule has 0 radical (unpaired) electrons. The van der Waals surface area contributed by atoms with Gasteiger partial charge in [-0.1, -0.05) is 49.3 Å². The largest absolute Gasteiger partial charge is 0.377 e. The van der Waals surface area contributed by atoms with E-state index in [0.29, 0.717) is 24.4 Å². The highest BCUT2D eigenvalue weighted by molar-refractivity contribution is 8.76. The first-order valence-corrected chi connectivity index (χ1v) is 13.6. The number of hydrogen-bond acceptors (Lipinski definition) is 6. The molecule has 1 aliphatic heterocycles. The van der Waals surface area contributed by atoms with Gasteiger partial charge >= 0.3 is 0 Å². The Morgan fingerprint density at radius 1 is 1.10 bits per heavy atom. The maximum atomic E-state index is 13.2. The van der Waals surface area contributed by atoms with E-state index in [1.54, 1.807) is 0 Å². The van der Waals surface area contributed by atoms with Crippen LogP contribution in [0.2, 0.25) is 0 Å². The maximum absolute atomic E-state index is 13.2. The highest BCUT2D eigenvalue weighted by Gasteiger charge is 2.38. The van der Waals surface area contributed by atoms with Crippen LogP contribution in [0.4, 0.5) is 0 Å². The third kappa shape index (κ3) is 11.3. The summed E-state index contributed by atoms with van der Waals surface area (Å²) in [5.74, 6) is 1.35. The number of carbonyl (C=O) groups excluding carboxylic acids is 1. The zero-order chi connectivity index (χ0) is 22.0. The van der Waals surface area contributed by atoms with Crippen molar-refractivity contribution >= 4 is 27.5 Å². The summed E-state index contributed by atoms with van der Waals surface area (Å²) in [5, 5.41) is 3.89. The fourth-order valence-electron chi connectivity index (χ4n) is 3.56. The van der Waals surface area contributed by atoms with Crippen molar-refractivity contribution in [2.24, 2.45) is 5.92 Å². The van der Waals surface area contributed by atoms with Crippen LogP contribution < -0.4 is 5.32 Å². The van der Waals surface area contributed by atoms with Crippen molar-refractivity contribution in [1.82, 2.24) is 10.2 Å². The first kappa shape index (κ1) is 27.1. The molecule has 0 aliphatic carbocycles. The van der Waals surface area contributed by atoms with Crippen LogP contribution in [0.1, 0.15) is 68.2 Å². The van der Waals surface area contributed by atoms with E-state index < -0.39 is 0 Å². The van der Waals surface area contributed by atoms with Gasteiger partial charge in [0.05, 0.1) is 31.0 Å². The van der Waals surface area contributed by atoms with Gasteiger partial charge in [-0.25, -0.2) is 0 Å². The van der Waals surface area contributed by atoms with Crippen LogP contribution in [-0.2, 0) is 14.3 Å². The van der Waals surface area contributed by atoms with Crippen molar-refractivity contribution in [3.05, 3.63) is 0 Å². The number of hydrogen-bond donors (Lipinski definition) is 1. The molecule has 29 heavy (non-hydrogen) atoms. The molecule has 1 rings (SSSR count). The van der Waals surface area contributed by atoms with Gasteiger partial charge in [0.2, 0.25) is 5.91 Å². The zero-order valence-electron chi connectivity index (χ0n) is 19.8. The van der Waals surface area contributed by atoms with Crippen molar-refractivity contribution in [1.29, 1.82) is 0 Å². The highest BCUT2D eigenvalue weighted by atomic mass is 33.1. The van der Waals surface area contributed by atoms with E-state index in [2.05, 4.69) is 46.9 Å². The number of amides is 1. The van der Waals surface area contributed by atoms with Gasteiger partial charge in [0.25, 0.3) is 0 Å². The van der Waals surface area contributed by atoms with Crippen LogP contribution in [0.25, 0.3) is 0 Å². The summed E-state index contributed by atoms with van der Waals surface area (Å²) in [4.78, 5) is 15.2. The van der Waals surface area contributed by atoms with Gasteiger partial charge in [0, 0.05) is 36.1 Å². The lowest BCUT2D eigenvalue weighted by molar-refractivity contribution is -0.138. The molecule has 0 aromatic rings. The molecule has 1 saturated heterocycles. The minimum atomic E-state index is 0.0197. The second-order valence-electron chi connectivity index (χ2n) is 9.04. The second-order valence-corrected chi connectivity index (χ2v) is 12.0. The minimum absolute atomic E-state index is 0.0197. The number of ether oxygens (including phenoxy) is 2. The fourth-order valence-corrected chi connectivity index (χ4v) is 5.93. The average Bonchev–Trinajstić information content (AvgIpc) is 3.00. The number of nitrogens with one attached hydrogen (secondary N) is 1. The lowest BCUT2D eigenvalue weighted by Crippen LogP contribution is -2.42. The second kappa shape index (κ2) is 14.2. The first-order chi connectivity index (χ1) is 13.6. The molecule has 7 heteroatoms. The summed E-state index contributed by atoms with van der Waals surface area (Å²) in [6, 6.07) is 0.655. The molecule has 0 saturated carbocycles. The summed E-state index contributed by atoms with van der Waals surface area (Å²) in [5.41, 5.74) is 0. The van der Waals surface area contributed by atoms with E-state index in [-0.39, 0.29) is 36.2 Å². The summed E-state index contributed by atoms with van der Waals surface area (Å²) in [6.07, 6.45) is 2.23. The lowest BCUT2D eigenvalue weighted by Gasteiger charge is -2.28. The maximum Gasteiger partial charge on any atom is 0.225 e. The molecule has 1 fully saturated rings. The smallest absolute Gasteiger partial charge is 0.225 e. The Kier molecular flexibility index (Phi) is 13.2. The Labute approximate surface area is 187 Å². The van der Waals surface area contributed by atoms with Gasteiger partial charge in [-0.2, -0.15) is 0 Å². The van der Waals surface area contributed by atoms with E-state index in [1.165, 1.54) is 0 Å². The van der Waals surface area contributed by atoms with Crippen LogP contribution in [0.3, 0.4) is 0 Å². The quantitative estimate of drug-likeness (QED) is 0.310. The van der Waals surface area contributed by atoms with Gasteiger partial charge in [0.15, 0.2) is 0 Å². The third-order valence-corrected chi connectivity index (χ3v) is 7.74. The Morgan fingerprint density at radius 2 is 1.79 bits per heavy atom. The van der Waals surface area contributed by atoms with Crippen LogP contribution in [0.15, 0.2) is 0 Å². The van der Waals surface area contributed by atoms with Gasteiger partial charge < -0.3 is 19.7 Å². The predicted molar refractivity (Wildman–Crippen MR) is 128 cm³/mol. The standard InChI is InChI=1S/C22H44N2O3S2/c1-15(2)23-9-10-28-29-19(8)11-18(7)22(25)24-13-21(27-17(5)6)12-20(24)14-26-16(3)4/h15-21,23H,9-14H2,1-8H3/t18?,19?,20-,21+/m0/s1. The normalized spacial score (nSPS) is 22.1. The molecule has 2 unspecified atom stereocenters. The topological polar surface area (TPSA) is 50.8 Å². The van der Waals surface area contributed by atoms with Crippen molar-refractivity contribution < 1.29 is 14.3 Å². The van der Waals surface area contributed by atoms with Gasteiger partial charge in [0.1, 0.15) is 0 Å². The van der Waals surface area contributed by atoms with E-state index in [1.807, 2.05) is 40.3 Å². The SMILES string of the molecule is CC(C)NCCSSC(C)CC(C)C(=O)N1C[C@H](OC(C)C)C[C@H]1COC(C)C. The number of likely N-dealkylation sites (tertiary alicyclic amines) is 1. The number of rotatable bonds is 14. The minimum Gasteiger partial charge on any atom is -0.377 e. The summed E-state index contributed by atoms with van der Waals surface area (Å²) in [7, 11) is 3.79. The summed E-state index contributed by atoms with van der Waals surface area (Å²) < 4.78 is 11.9. The molecule has 0 aromatic carbocycles. The molecule has 1 amide bonds. The van der Waals surface area contributed by atoms with Crippen molar-refractivity contribution in [3.63, 3.8) is 0 Å². The lowest BCUT2D eigenvalue weighted by atomic mass is 10.0. The molecule has 0 spiro atoms. The Hall–Kier alpha value is 0.0500. The highest BCUT2D eigenvalue weighted by Crippen LogP contribution is 2.32. The fraction of sp³-hybridized carbons (Fsp3) is 0.955. The van der Waals surface area contributed by atoms with Gasteiger partial charge in [-0.05, 0) is 40.5 Å². The first-order valence-electron chi connectivity index (χ1n) is 11.2. The van der Waals surface area contributed by atoms with Crippen LogP contribution >= 0.6 is 21.6 Å². The van der Waals surface area contributed by atoms with Crippen LogP contribution in [0, 0.1) is 5.92 Å². The van der Waals surface area contributed by atoms with E-state index in [0.717, 1.165) is 25.1 Å². The Bertz CT molecular complexity index is 463. The van der Waals surface area contributed by atoms with E-state index in [4.69, 9.17) is 9.47 Å². The molecule has 1 heterocycles. The molecule has 0 aromatic heterocycles. The predicted octanol–water partition coefficient (Wildman–Crippen LogP) is 4.60. The van der Waals surface area contributed by atoms with Crippen molar-refractivity contribution in [3.8, 4) is 0 Å². The van der Waals surface area contributed by atoms with E-state index >= 15 is 0 Å².